The molecule has 2 amide bonds. The summed E-state index contributed by atoms with van der Waals surface area (Å²) >= 11 is 0. The third-order valence-corrected chi connectivity index (χ3v) is 4.81. The van der Waals surface area contributed by atoms with Gasteiger partial charge in [-0.1, -0.05) is 12.1 Å². The summed E-state index contributed by atoms with van der Waals surface area (Å²) in [7, 11) is 0. The van der Waals surface area contributed by atoms with Gasteiger partial charge in [0.15, 0.2) is 11.5 Å². The van der Waals surface area contributed by atoms with E-state index in [2.05, 4.69) is 5.32 Å². The molecule has 0 aliphatic carbocycles. The lowest BCUT2D eigenvalue weighted by atomic mass is 10.1. The van der Waals surface area contributed by atoms with Crippen LogP contribution < -0.4 is 14.8 Å². The number of halogens is 1. The summed E-state index contributed by atoms with van der Waals surface area (Å²) < 4.78 is 23.5. The van der Waals surface area contributed by atoms with E-state index in [9.17, 15) is 14.0 Å². The van der Waals surface area contributed by atoms with Crippen molar-refractivity contribution in [3.63, 3.8) is 0 Å². The maximum absolute atomic E-state index is 13.0. The van der Waals surface area contributed by atoms with Crippen LogP contribution in [0.5, 0.6) is 11.5 Å². The smallest absolute Gasteiger partial charge is 0.231 e. The minimum Gasteiger partial charge on any atom is -0.454 e. The molecule has 2 aromatic rings. The fourth-order valence-corrected chi connectivity index (χ4v) is 3.30. The molecule has 4 rings (SSSR count). The van der Waals surface area contributed by atoms with Gasteiger partial charge in [-0.3, -0.25) is 9.59 Å². The molecule has 1 N–H and O–H groups in total. The van der Waals surface area contributed by atoms with Gasteiger partial charge in [0.05, 0.1) is 5.92 Å². The van der Waals surface area contributed by atoms with Gasteiger partial charge in [0, 0.05) is 31.3 Å². The number of ether oxygens (including phenoxy) is 2. The van der Waals surface area contributed by atoms with E-state index in [-0.39, 0.29) is 30.8 Å². The Kier molecular flexibility index (Phi) is 4.66. The normalized spacial score (nSPS) is 18.0. The molecule has 0 aromatic heterocycles. The number of amides is 2. The van der Waals surface area contributed by atoms with Crippen molar-refractivity contribution in [1.29, 1.82) is 0 Å². The van der Waals surface area contributed by atoms with Gasteiger partial charge in [-0.05, 0) is 36.2 Å². The molecule has 0 radical (unpaired) electrons. The van der Waals surface area contributed by atoms with Gasteiger partial charge in [-0.25, -0.2) is 4.39 Å². The second-order valence-corrected chi connectivity index (χ2v) is 6.67. The van der Waals surface area contributed by atoms with Gasteiger partial charge in [-0.15, -0.1) is 0 Å². The zero-order chi connectivity index (χ0) is 18.8. The molecule has 0 unspecified atom stereocenters. The number of hydrogen-bond acceptors (Lipinski definition) is 4. The maximum Gasteiger partial charge on any atom is 0.231 e. The summed E-state index contributed by atoms with van der Waals surface area (Å²) in [6.07, 6.45) is 0.822. The molecule has 140 valence electrons. The average Bonchev–Trinajstić information content (AvgIpc) is 3.27. The summed E-state index contributed by atoms with van der Waals surface area (Å²) in [5.41, 5.74) is 1.57. The molecule has 6 nitrogen and oxygen atoms in total. The van der Waals surface area contributed by atoms with Crippen LogP contribution in [-0.4, -0.2) is 36.6 Å². The topological polar surface area (TPSA) is 67.9 Å². The molecule has 1 saturated heterocycles. The molecular formula is C20H19FN2O4. The zero-order valence-corrected chi connectivity index (χ0v) is 14.6. The van der Waals surface area contributed by atoms with E-state index < -0.39 is 5.92 Å². The number of carbonyl (C=O) groups is 2. The molecule has 0 saturated carbocycles. The Labute approximate surface area is 155 Å². The van der Waals surface area contributed by atoms with Crippen molar-refractivity contribution >= 4 is 17.5 Å². The number of carbonyl (C=O) groups excluding carboxylic acids is 2. The first-order valence-corrected chi connectivity index (χ1v) is 8.81. The van der Waals surface area contributed by atoms with E-state index in [0.717, 1.165) is 5.56 Å². The Hall–Kier alpha value is -3.09. The average molecular weight is 370 g/mol. The Bertz CT molecular complexity index is 869. The van der Waals surface area contributed by atoms with Gasteiger partial charge in [0.2, 0.25) is 18.6 Å². The van der Waals surface area contributed by atoms with Crippen molar-refractivity contribution in [2.75, 3.05) is 25.2 Å². The van der Waals surface area contributed by atoms with Crippen molar-refractivity contribution in [1.82, 2.24) is 4.90 Å². The highest BCUT2D eigenvalue weighted by Crippen LogP contribution is 2.34. The molecule has 0 bridgehead atoms. The third-order valence-electron chi connectivity index (χ3n) is 4.81. The third kappa shape index (κ3) is 3.86. The largest absolute Gasteiger partial charge is 0.454 e. The van der Waals surface area contributed by atoms with E-state index in [0.29, 0.717) is 36.7 Å². The first-order chi connectivity index (χ1) is 13.1. The Balaban J connectivity index is 1.32. The molecule has 1 fully saturated rings. The minimum atomic E-state index is -0.392. The maximum atomic E-state index is 13.0. The van der Waals surface area contributed by atoms with E-state index >= 15 is 0 Å². The van der Waals surface area contributed by atoms with Crippen LogP contribution in [0.4, 0.5) is 10.1 Å². The van der Waals surface area contributed by atoms with Gasteiger partial charge >= 0.3 is 0 Å². The number of fused-ring (bicyclic) bond motifs is 1. The molecular weight excluding hydrogens is 351 g/mol. The van der Waals surface area contributed by atoms with Crippen LogP contribution in [0.3, 0.4) is 0 Å². The number of nitrogens with zero attached hydrogens (tertiary/aromatic N) is 1. The molecule has 2 heterocycles. The van der Waals surface area contributed by atoms with Crippen molar-refractivity contribution in [3.8, 4) is 11.5 Å². The molecule has 2 aromatic carbocycles. The first kappa shape index (κ1) is 17.3. The number of hydrogen-bond donors (Lipinski definition) is 1. The summed E-state index contributed by atoms with van der Waals surface area (Å²) in [6.45, 7) is 1.07. The van der Waals surface area contributed by atoms with Gasteiger partial charge in [0.25, 0.3) is 0 Å². The highest BCUT2D eigenvalue weighted by Gasteiger charge is 2.34. The fraction of sp³-hybridized carbons (Fsp3) is 0.300. The molecule has 2 aliphatic rings. The van der Waals surface area contributed by atoms with Crippen molar-refractivity contribution in [2.24, 2.45) is 5.92 Å². The Morgan fingerprint density at radius 3 is 2.74 bits per heavy atom. The molecule has 1 atom stereocenters. The predicted molar refractivity (Wildman–Crippen MR) is 96.0 cm³/mol. The Morgan fingerprint density at radius 2 is 1.93 bits per heavy atom. The van der Waals surface area contributed by atoms with Gasteiger partial charge < -0.3 is 19.7 Å². The van der Waals surface area contributed by atoms with Crippen LogP contribution in [0, 0.1) is 11.7 Å². The second-order valence-electron chi connectivity index (χ2n) is 6.67. The molecule has 27 heavy (non-hydrogen) atoms. The number of benzene rings is 2. The predicted octanol–water partition coefficient (Wildman–Crippen LogP) is 2.58. The second kappa shape index (κ2) is 7.26. The lowest BCUT2D eigenvalue weighted by Crippen LogP contribution is -2.30. The summed E-state index contributed by atoms with van der Waals surface area (Å²) in [5, 5.41) is 2.84. The molecule has 7 heteroatoms. The lowest BCUT2D eigenvalue weighted by Gasteiger charge is -2.16. The number of likely N-dealkylation sites (tertiary alicyclic amines) is 1. The minimum absolute atomic E-state index is 0.0389. The van der Waals surface area contributed by atoms with E-state index in [1.54, 1.807) is 35.2 Å². The standard InChI is InChI=1S/C20H19FN2O4/c21-15-3-1-13(2-4-15)7-8-23-11-14(9-19(23)24)20(25)22-16-5-6-17-18(10-16)27-12-26-17/h1-6,10,14H,7-9,11-12H2,(H,22,25)/t14-/m1/s1. The lowest BCUT2D eigenvalue weighted by molar-refractivity contribution is -0.128. The van der Waals surface area contributed by atoms with Crippen LogP contribution >= 0.6 is 0 Å². The Morgan fingerprint density at radius 1 is 1.15 bits per heavy atom. The molecule has 0 spiro atoms. The monoisotopic (exact) mass is 370 g/mol. The number of rotatable bonds is 5. The van der Waals surface area contributed by atoms with Gasteiger partial charge in [0.1, 0.15) is 5.82 Å². The quantitative estimate of drug-likeness (QED) is 0.879. The van der Waals surface area contributed by atoms with Crippen molar-refractivity contribution < 1.29 is 23.5 Å². The van der Waals surface area contributed by atoms with E-state index in [1.807, 2.05) is 0 Å². The van der Waals surface area contributed by atoms with Crippen LogP contribution in [0.2, 0.25) is 0 Å². The number of nitrogens with one attached hydrogen (secondary N) is 1. The highest BCUT2D eigenvalue weighted by molar-refractivity contribution is 5.97. The molecule has 2 aliphatic heterocycles. The van der Waals surface area contributed by atoms with Crippen molar-refractivity contribution in [3.05, 3.63) is 53.8 Å². The fourth-order valence-electron chi connectivity index (χ4n) is 3.30. The van der Waals surface area contributed by atoms with Crippen LogP contribution in [0.1, 0.15) is 12.0 Å². The summed E-state index contributed by atoms with van der Waals surface area (Å²) in [6, 6.07) is 11.4. The van der Waals surface area contributed by atoms with Gasteiger partial charge in [-0.2, -0.15) is 0 Å². The first-order valence-electron chi connectivity index (χ1n) is 8.81. The zero-order valence-electron chi connectivity index (χ0n) is 14.6. The van der Waals surface area contributed by atoms with Crippen molar-refractivity contribution in [2.45, 2.75) is 12.8 Å². The van der Waals surface area contributed by atoms with E-state index in [1.165, 1.54) is 12.1 Å². The summed E-state index contributed by atoms with van der Waals surface area (Å²) in [4.78, 5) is 26.4. The van der Waals surface area contributed by atoms with E-state index in [4.69, 9.17) is 9.47 Å². The van der Waals surface area contributed by atoms with Crippen LogP contribution in [0.15, 0.2) is 42.5 Å². The number of anilines is 1. The highest BCUT2D eigenvalue weighted by atomic mass is 19.1. The summed E-state index contributed by atoms with van der Waals surface area (Å²) in [5.74, 6) is 0.342. The van der Waals surface area contributed by atoms with Crippen LogP contribution in [-0.2, 0) is 16.0 Å². The van der Waals surface area contributed by atoms with Crippen LogP contribution in [0.25, 0.3) is 0 Å². The SMILES string of the molecule is O=C(Nc1ccc2c(c1)OCO2)[C@@H]1CC(=O)N(CCc2ccc(F)cc2)C1.